The number of nitrogens with zero attached hydrogens (tertiary/aromatic N) is 1. The molecule has 90 valence electrons. The molecule has 0 aromatic carbocycles. The molecule has 4 heteroatoms. The molecule has 2 rings (SSSR count). The molecule has 0 amide bonds. The van der Waals surface area contributed by atoms with Gasteiger partial charge in [-0.2, -0.15) is 0 Å². The Morgan fingerprint density at radius 2 is 2.19 bits per heavy atom. The first kappa shape index (κ1) is 12.0. The summed E-state index contributed by atoms with van der Waals surface area (Å²) in [5.41, 5.74) is 1.05. The highest BCUT2D eigenvalue weighted by Gasteiger charge is 2.30. The van der Waals surface area contributed by atoms with Crippen LogP contribution in [0.3, 0.4) is 0 Å². The van der Waals surface area contributed by atoms with E-state index in [1.54, 1.807) is 11.3 Å². The molecule has 1 aromatic rings. The van der Waals surface area contributed by atoms with E-state index in [9.17, 15) is 5.11 Å². The fourth-order valence-electron chi connectivity index (χ4n) is 2.39. The molecular weight excluding hydrogens is 220 g/mol. The van der Waals surface area contributed by atoms with E-state index in [-0.39, 0.29) is 12.1 Å². The van der Waals surface area contributed by atoms with Crippen LogP contribution < -0.4 is 5.32 Å². The number of aliphatic hydroxyl groups is 1. The van der Waals surface area contributed by atoms with Crippen LogP contribution in [0.25, 0.3) is 0 Å². The SMILES string of the molecule is Cc1nc(CNC2(CO)CCCCC2)cs1. The predicted molar refractivity (Wildman–Crippen MR) is 66.6 cm³/mol. The van der Waals surface area contributed by atoms with Crippen molar-refractivity contribution in [2.75, 3.05) is 6.61 Å². The van der Waals surface area contributed by atoms with Gasteiger partial charge in [-0.15, -0.1) is 11.3 Å². The van der Waals surface area contributed by atoms with Gasteiger partial charge in [0, 0.05) is 17.5 Å². The molecule has 2 N–H and O–H groups in total. The van der Waals surface area contributed by atoms with E-state index >= 15 is 0 Å². The summed E-state index contributed by atoms with van der Waals surface area (Å²) in [4.78, 5) is 4.43. The van der Waals surface area contributed by atoms with Gasteiger partial charge in [-0.1, -0.05) is 19.3 Å². The lowest BCUT2D eigenvalue weighted by Crippen LogP contribution is -2.49. The molecule has 1 aromatic heterocycles. The molecule has 1 saturated carbocycles. The standard InChI is InChI=1S/C12H20N2OS/c1-10-14-11(8-16-10)7-13-12(9-15)5-3-2-4-6-12/h8,13,15H,2-7,9H2,1H3. The smallest absolute Gasteiger partial charge is 0.0897 e. The van der Waals surface area contributed by atoms with Crippen molar-refractivity contribution in [1.82, 2.24) is 10.3 Å². The lowest BCUT2D eigenvalue weighted by molar-refractivity contribution is 0.119. The van der Waals surface area contributed by atoms with Crippen LogP contribution in [0.2, 0.25) is 0 Å². The largest absolute Gasteiger partial charge is 0.394 e. The van der Waals surface area contributed by atoms with Gasteiger partial charge >= 0.3 is 0 Å². The van der Waals surface area contributed by atoms with Crippen molar-refractivity contribution in [2.45, 2.75) is 51.1 Å². The van der Waals surface area contributed by atoms with Gasteiger partial charge in [0.2, 0.25) is 0 Å². The van der Waals surface area contributed by atoms with Crippen LogP contribution >= 0.6 is 11.3 Å². The van der Waals surface area contributed by atoms with E-state index in [2.05, 4.69) is 15.7 Å². The molecule has 0 aliphatic heterocycles. The number of aryl methyl sites for hydroxylation is 1. The molecule has 0 saturated heterocycles. The molecule has 1 fully saturated rings. The van der Waals surface area contributed by atoms with Crippen molar-refractivity contribution < 1.29 is 5.11 Å². The lowest BCUT2D eigenvalue weighted by Gasteiger charge is -2.36. The van der Waals surface area contributed by atoms with Gasteiger partial charge in [0.05, 0.1) is 17.3 Å². The van der Waals surface area contributed by atoms with E-state index in [1.165, 1.54) is 19.3 Å². The zero-order valence-electron chi connectivity index (χ0n) is 9.83. The molecule has 0 unspecified atom stereocenters. The first-order chi connectivity index (χ1) is 7.74. The van der Waals surface area contributed by atoms with Crippen molar-refractivity contribution in [1.29, 1.82) is 0 Å². The van der Waals surface area contributed by atoms with Crippen molar-refractivity contribution in [3.63, 3.8) is 0 Å². The Bertz CT molecular complexity index is 332. The van der Waals surface area contributed by atoms with E-state index < -0.39 is 0 Å². The summed E-state index contributed by atoms with van der Waals surface area (Å²) in [7, 11) is 0. The number of rotatable bonds is 4. The van der Waals surface area contributed by atoms with Gasteiger partial charge in [0.1, 0.15) is 0 Å². The van der Waals surface area contributed by atoms with Gasteiger partial charge in [-0.3, -0.25) is 0 Å². The topological polar surface area (TPSA) is 45.2 Å². The third-order valence-electron chi connectivity index (χ3n) is 3.42. The van der Waals surface area contributed by atoms with Gasteiger partial charge in [0.25, 0.3) is 0 Å². The second kappa shape index (κ2) is 5.25. The summed E-state index contributed by atoms with van der Waals surface area (Å²) in [6.45, 7) is 3.05. The number of hydrogen-bond acceptors (Lipinski definition) is 4. The number of aliphatic hydroxyl groups excluding tert-OH is 1. The molecule has 0 atom stereocenters. The normalized spacial score (nSPS) is 19.9. The van der Waals surface area contributed by atoms with Crippen LogP contribution in [0.15, 0.2) is 5.38 Å². The maximum absolute atomic E-state index is 9.54. The molecule has 0 bridgehead atoms. The van der Waals surface area contributed by atoms with Crippen LogP contribution in [0.1, 0.15) is 42.8 Å². The van der Waals surface area contributed by atoms with Crippen molar-refractivity contribution in [2.24, 2.45) is 0 Å². The zero-order valence-corrected chi connectivity index (χ0v) is 10.6. The second-order valence-corrected chi connectivity index (χ2v) is 5.77. The van der Waals surface area contributed by atoms with Crippen molar-refractivity contribution in [3.8, 4) is 0 Å². The Kier molecular flexibility index (Phi) is 3.95. The van der Waals surface area contributed by atoms with E-state index in [1.807, 2.05) is 6.92 Å². The molecule has 1 heterocycles. The second-order valence-electron chi connectivity index (χ2n) is 4.71. The minimum absolute atomic E-state index is 0.0459. The number of thiazole rings is 1. The fourth-order valence-corrected chi connectivity index (χ4v) is 3.00. The summed E-state index contributed by atoms with van der Waals surface area (Å²) in [5, 5.41) is 16.3. The first-order valence-electron chi connectivity index (χ1n) is 6.01. The van der Waals surface area contributed by atoms with E-state index in [0.717, 1.165) is 30.1 Å². The Morgan fingerprint density at radius 3 is 2.75 bits per heavy atom. The Morgan fingerprint density at radius 1 is 1.44 bits per heavy atom. The quantitative estimate of drug-likeness (QED) is 0.848. The highest BCUT2D eigenvalue weighted by atomic mass is 32.1. The Labute approximate surface area is 101 Å². The number of hydrogen-bond donors (Lipinski definition) is 2. The molecule has 0 radical (unpaired) electrons. The zero-order chi connectivity index (χ0) is 11.4. The fraction of sp³-hybridized carbons (Fsp3) is 0.750. The minimum atomic E-state index is -0.0459. The van der Waals surface area contributed by atoms with Crippen molar-refractivity contribution in [3.05, 3.63) is 16.1 Å². The molecular formula is C12H20N2OS. The maximum atomic E-state index is 9.54. The lowest BCUT2D eigenvalue weighted by atomic mass is 9.82. The monoisotopic (exact) mass is 240 g/mol. The average Bonchev–Trinajstić information content (AvgIpc) is 2.74. The van der Waals surface area contributed by atoms with Crippen LogP contribution in [0.5, 0.6) is 0 Å². The van der Waals surface area contributed by atoms with Gasteiger partial charge < -0.3 is 10.4 Å². The summed E-state index contributed by atoms with van der Waals surface area (Å²) in [5.74, 6) is 0. The Hall–Kier alpha value is -0.450. The minimum Gasteiger partial charge on any atom is -0.394 e. The molecule has 1 aliphatic carbocycles. The van der Waals surface area contributed by atoms with Gasteiger partial charge in [0.15, 0.2) is 0 Å². The first-order valence-corrected chi connectivity index (χ1v) is 6.89. The summed E-state index contributed by atoms with van der Waals surface area (Å²) >= 11 is 1.68. The van der Waals surface area contributed by atoms with E-state index in [0.29, 0.717) is 0 Å². The van der Waals surface area contributed by atoms with Crippen LogP contribution in [-0.2, 0) is 6.54 Å². The number of aromatic nitrogens is 1. The highest BCUT2D eigenvalue weighted by molar-refractivity contribution is 7.09. The van der Waals surface area contributed by atoms with Crippen molar-refractivity contribution >= 4 is 11.3 Å². The molecule has 16 heavy (non-hydrogen) atoms. The molecule has 1 aliphatic rings. The summed E-state index contributed by atoms with van der Waals surface area (Å²) in [6.07, 6.45) is 5.94. The van der Waals surface area contributed by atoms with Gasteiger partial charge in [-0.25, -0.2) is 4.98 Å². The van der Waals surface area contributed by atoms with Crippen LogP contribution in [-0.4, -0.2) is 22.2 Å². The molecule has 0 spiro atoms. The Balaban J connectivity index is 1.91. The number of nitrogens with one attached hydrogen (secondary N) is 1. The van der Waals surface area contributed by atoms with E-state index in [4.69, 9.17) is 0 Å². The van der Waals surface area contributed by atoms with Crippen LogP contribution in [0.4, 0.5) is 0 Å². The third-order valence-corrected chi connectivity index (χ3v) is 4.25. The third kappa shape index (κ3) is 2.81. The van der Waals surface area contributed by atoms with Gasteiger partial charge in [-0.05, 0) is 19.8 Å². The van der Waals surface area contributed by atoms with Crippen LogP contribution in [0, 0.1) is 6.92 Å². The summed E-state index contributed by atoms with van der Waals surface area (Å²) in [6, 6.07) is 0. The predicted octanol–water partition coefficient (Wildman–Crippen LogP) is 2.24. The highest BCUT2D eigenvalue weighted by Crippen LogP contribution is 2.28. The summed E-state index contributed by atoms with van der Waals surface area (Å²) < 4.78 is 0. The maximum Gasteiger partial charge on any atom is 0.0897 e. The molecule has 3 nitrogen and oxygen atoms in total. The average molecular weight is 240 g/mol.